The molecule has 1 aromatic heterocycles. The minimum atomic E-state index is -3.44. The van der Waals surface area contributed by atoms with Crippen molar-refractivity contribution in [2.45, 2.75) is 24.3 Å². The molecule has 2 atom stereocenters. The second-order valence-corrected chi connectivity index (χ2v) is 6.38. The third-order valence-corrected chi connectivity index (χ3v) is 4.36. The van der Waals surface area contributed by atoms with Crippen molar-refractivity contribution >= 4 is 10.0 Å². The van der Waals surface area contributed by atoms with Gasteiger partial charge in [-0.1, -0.05) is 6.92 Å². The van der Waals surface area contributed by atoms with Gasteiger partial charge in [-0.25, -0.2) is 13.1 Å². The average molecular weight is 258 g/mol. The van der Waals surface area contributed by atoms with E-state index >= 15 is 0 Å². The van der Waals surface area contributed by atoms with Crippen LogP contribution in [0.2, 0.25) is 0 Å². The molecular formula is C10H18N4O2S. The number of nitrogens with zero attached hydrogens (tertiary/aromatic N) is 2. The lowest BCUT2D eigenvalue weighted by Gasteiger charge is -2.27. The van der Waals surface area contributed by atoms with Gasteiger partial charge in [0, 0.05) is 25.8 Å². The first kappa shape index (κ1) is 12.5. The van der Waals surface area contributed by atoms with Crippen molar-refractivity contribution in [2.75, 3.05) is 13.1 Å². The first-order valence-electron chi connectivity index (χ1n) is 5.69. The van der Waals surface area contributed by atoms with Crippen LogP contribution in [0.3, 0.4) is 0 Å². The molecule has 1 saturated heterocycles. The molecule has 1 aromatic rings. The Hall–Kier alpha value is -0.920. The van der Waals surface area contributed by atoms with E-state index in [0.717, 1.165) is 13.0 Å². The highest BCUT2D eigenvalue weighted by Gasteiger charge is 2.25. The molecule has 0 amide bonds. The van der Waals surface area contributed by atoms with E-state index in [1.807, 2.05) is 0 Å². The second kappa shape index (κ2) is 4.75. The minimum absolute atomic E-state index is 0.0380. The zero-order valence-electron chi connectivity index (χ0n) is 10.0. The summed E-state index contributed by atoms with van der Waals surface area (Å²) in [5, 5.41) is 7.09. The van der Waals surface area contributed by atoms with Crippen LogP contribution in [0.25, 0.3) is 0 Å². The molecule has 0 radical (unpaired) electrons. The van der Waals surface area contributed by atoms with Crippen molar-refractivity contribution in [3.63, 3.8) is 0 Å². The highest BCUT2D eigenvalue weighted by Crippen LogP contribution is 2.13. The summed E-state index contributed by atoms with van der Waals surface area (Å²) in [5.41, 5.74) is 0. The summed E-state index contributed by atoms with van der Waals surface area (Å²) in [7, 11) is -1.74. The number of piperidine rings is 1. The van der Waals surface area contributed by atoms with Crippen LogP contribution in [0.5, 0.6) is 0 Å². The molecule has 1 fully saturated rings. The maximum Gasteiger partial charge on any atom is 0.243 e. The first-order valence-corrected chi connectivity index (χ1v) is 7.17. The van der Waals surface area contributed by atoms with Gasteiger partial charge in [0.15, 0.2) is 0 Å². The van der Waals surface area contributed by atoms with E-state index in [1.165, 1.54) is 17.1 Å². The monoisotopic (exact) mass is 258 g/mol. The molecule has 0 saturated carbocycles. The van der Waals surface area contributed by atoms with Crippen molar-refractivity contribution in [1.29, 1.82) is 0 Å². The van der Waals surface area contributed by atoms with Crippen molar-refractivity contribution < 1.29 is 8.42 Å². The molecule has 1 aliphatic rings. The fourth-order valence-corrected chi connectivity index (χ4v) is 3.30. The lowest BCUT2D eigenvalue weighted by atomic mass is 9.99. The van der Waals surface area contributed by atoms with Crippen molar-refractivity contribution in [1.82, 2.24) is 19.8 Å². The first-order chi connectivity index (χ1) is 7.97. The number of hydrogen-bond donors (Lipinski definition) is 2. The summed E-state index contributed by atoms with van der Waals surface area (Å²) in [6, 6.07) is -0.0380. The van der Waals surface area contributed by atoms with Crippen LogP contribution in [0.15, 0.2) is 17.3 Å². The normalized spacial score (nSPS) is 26.0. The smallest absolute Gasteiger partial charge is 0.243 e. The maximum atomic E-state index is 12.0. The van der Waals surface area contributed by atoms with Gasteiger partial charge in [-0.2, -0.15) is 5.10 Å². The number of hydrogen-bond acceptors (Lipinski definition) is 4. The Morgan fingerprint density at radius 1 is 1.53 bits per heavy atom. The molecule has 6 nitrogen and oxygen atoms in total. The minimum Gasteiger partial charge on any atom is -0.315 e. The number of sulfonamides is 1. The molecule has 0 bridgehead atoms. The summed E-state index contributed by atoms with van der Waals surface area (Å²) in [4.78, 5) is 0.221. The summed E-state index contributed by atoms with van der Waals surface area (Å²) < 4.78 is 28.3. The zero-order chi connectivity index (χ0) is 12.5. The largest absolute Gasteiger partial charge is 0.315 e. The highest BCUT2D eigenvalue weighted by atomic mass is 32.2. The van der Waals surface area contributed by atoms with E-state index in [4.69, 9.17) is 0 Å². The Labute approximate surface area is 101 Å². The van der Waals surface area contributed by atoms with E-state index in [-0.39, 0.29) is 10.9 Å². The standard InChI is InChI=1S/C10H18N4O2S/c1-8-3-9(5-11-4-8)13-17(15,16)10-6-12-14(2)7-10/h6-9,11,13H,3-5H2,1-2H3. The van der Waals surface area contributed by atoms with Gasteiger partial charge in [-0.15, -0.1) is 0 Å². The van der Waals surface area contributed by atoms with Gasteiger partial charge in [0.2, 0.25) is 10.0 Å². The van der Waals surface area contributed by atoms with E-state index in [2.05, 4.69) is 22.1 Å². The number of aromatic nitrogens is 2. The second-order valence-electron chi connectivity index (χ2n) is 4.67. The van der Waals surface area contributed by atoms with Gasteiger partial charge >= 0.3 is 0 Å². The molecule has 7 heteroatoms. The maximum absolute atomic E-state index is 12.0. The Kier molecular flexibility index (Phi) is 3.50. The fourth-order valence-electron chi connectivity index (χ4n) is 2.07. The van der Waals surface area contributed by atoms with Crippen LogP contribution in [-0.2, 0) is 17.1 Å². The van der Waals surface area contributed by atoms with Crippen molar-refractivity contribution in [3.05, 3.63) is 12.4 Å². The van der Waals surface area contributed by atoms with Crippen molar-refractivity contribution in [2.24, 2.45) is 13.0 Å². The molecule has 0 spiro atoms. The van der Waals surface area contributed by atoms with Crippen LogP contribution in [-0.4, -0.2) is 37.3 Å². The topological polar surface area (TPSA) is 76.0 Å². The van der Waals surface area contributed by atoms with Gasteiger partial charge in [-0.05, 0) is 18.9 Å². The van der Waals surface area contributed by atoms with Crippen LogP contribution in [0, 0.1) is 5.92 Å². The summed E-state index contributed by atoms with van der Waals surface area (Å²) in [6.45, 7) is 3.74. The quantitative estimate of drug-likeness (QED) is 0.780. The third-order valence-electron chi connectivity index (χ3n) is 2.88. The van der Waals surface area contributed by atoms with Crippen LogP contribution in [0.1, 0.15) is 13.3 Å². The van der Waals surface area contributed by atoms with Crippen molar-refractivity contribution in [3.8, 4) is 0 Å². The van der Waals surface area contributed by atoms with Crippen LogP contribution in [0.4, 0.5) is 0 Å². The van der Waals surface area contributed by atoms with Crippen LogP contribution < -0.4 is 10.0 Å². The highest BCUT2D eigenvalue weighted by molar-refractivity contribution is 7.89. The molecule has 2 heterocycles. The van der Waals surface area contributed by atoms with E-state index in [9.17, 15) is 8.42 Å². The molecule has 2 unspecified atom stereocenters. The molecule has 17 heavy (non-hydrogen) atoms. The molecule has 1 aliphatic heterocycles. The third kappa shape index (κ3) is 3.05. The predicted molar refractivity (Wildman–Crippen MR) is 64.0 cm³/mol. The molecular weight excluding hydrogens is 240 g/mol. The van der Waals surface area contributed by atoms with Crippen LogP contribution >= 0.6 is 0 Å². The molecule has 2 rings (SSSR count). The number of aryl methyl sites for hydroxylation is 1. The zero-order valence-corrected chi connectivity index (χ0v) is 10.9. The summed E-state index contributed by atoms with van der Waals surface area (Å²) >= 11 is 0. The lowest BCUT2D eigenvalue weighted by molar-refractivity contribution is 0.346. The van der Waals surface area contributed by atoms with Gasteiger partial charge in [0.25, 0.3) is 0 Å². The lowest BCUT2D eigenvalue weighted by Crippen LogP contribution is -2.48. The number of nitrogens with one attached hydrogen (secondary N) is 2. The Morgan fingerprint density at radius 2 is 2.29 bits per heavy atom. The van der Waals surface area contributed by atoms with Gasteiger partial charge < -0.3 is 5.32 Å². The molecule has 96 valence electrons. The SMILES string of the molecule is CC1CNCC(NS(=O)(=O)c2cnn(C)c2)C1. The Morgan fingerprint density at radius 3 is 2.88 bits per heavy atom. The molecule has 0 aromatic carbocycles. The van der Waals surface area contributed by atoms with Gasteiger partial charge in [-0.3, -0.25) is 4.68 Å². The number of rotatable bonds is 3. The molecule has 0 aliphatic carbocycles. The average Bonchev–Trinajstić information content (AvgIpc) is 2.65. The summed E-state index contributed by atoms with van der Waals surface area (Å²) in [6.07, 6.45) is 3.73. The van der Waals surface area contributed by atoms with Gasteiger partial charge in [0.05, 0.1) is 6.20 Å². The molecule has 2 N–H and O–H groups in total. The van der Waals surface area contributed by atoms with E-state index in [0.29, 0.717) is 12.5 Å². The fraction of sp³-hybridized carbons (Fsp3) is 0.700. The summed E-state index contributed by atoms with van der Waals surface area (Å²) in [5.74, 6) is 0.491. The van der Waals surface area contributed by atoms with Gasteiger partial charge in [0.1, 0.15) is 4.90 Å². The predicted octanol–water partition coefficient (Wildman–Crippen LogP) is -0.304. The Balaban J connectivity index is 2.07. The van der Waals surface area contributed by atoms with E-state index in [1.54, 1.807) is 7.05 Å². The Bertz CT molecular complexity index is 482. The van der Waals surface area contributed by atoms with E-state index < -0.39 is 10.0 Å².